The van der Waals surface area contributed by atoms with Crippen LogP contribution < -0.4 is 5.56 Å². The van der Waals surface area contributed by atoms with E-state index in [9.17, 15) is 14.4 Å². The number of rotatable bonds is 3. The number of fused-ring (bicyclic) bond motifs is 2. The molecule has 160 valence electrons. The molecule has 1 saturated heterocycles. The molecular formula is C22H29N5O3. The van der Waals surface area contributed by atoms with Crippen LogP contribution in [0.15, 0.2) is 10.9 Å². The minimum atomic E-state index is -0.111. The molecule has 1 aliphatic carbocycles. The van der Waals surface area contributed by atoms with Gasteiger partial charge >= 0.3 is 0 Å². The maximum absolute atomic E-state index is 13.2. The summed E-state index contributed by atoms with van der Waals surface area (Å²) in [6.45, 7) is 6.32. The summed E-state index contributed by atoms with van der Waals surface area (Å²) >= 11 is 0. The monoisotopic (exact) mass is 411 g/mol. The van der Waals surface area contributed by atoms with Crippen LogP contribution in [0.25, 0.3) is 5.65 Å². The minimum Gasteiger partial charge on any atom is -0.342 e. The lowest BCUT2D eigenvalue weighted by Crippen LogP contribution is -2.41. The fraction of sp³-hybridized carbons (Fsp3) is 0.636. The molecule has 2 aromatic heterocycles. The van der Waals surface area contributed by atoms with Gasteiger partial charge in [-0.2, -0.15) is 0 Å². The van der Waals surface area contributed by atoms with E-state index >= 15 is 0 Å². The summed E-state index contributed by atoms with van der Waals surface area (Å²) in [5, 5.41) is 3.25. The highest BCUT2D eigenvalue weighted by Gasteiger charge is 2.36. The zero-order chi connectivity index (χ0) is 21.0. The number of nitrogens with zero attached hydrogens (tertiary/aromatic N) is 4. The third-order valence-corrected chi connectivity index (χ3v) is 6.69. The van der Waals surface area contributed by atoms with Crippen LogP contribution in [0.5, 0.6) is 0 Å². The average molecular weight is 412 g/mol. The van der Waals surface area contributed by atoms with Crippen molar-refractivity contribution in [1.82, 2.24) is 24.4 Å². The fourth-order valence-corrected chi connectivity index (χ4v) is 4.78. The van der Waals surface area contributed by atoms with E-state index in [1.54, 1.807) is 0 Å². The number of hydrogen-bond acceptors (Lipinski definition) is 4. The lowest BCUT2D eigenvalue weighted by atomic mass is 9.94. The Kier molecular flexibility index (Phi) is 4.67. The van der Waals surface area contributed by atoms with Gasteiger partial charge in [0.25, 0.3) is 5.56 Å². The summed E-state index contributed by atoms with van der Waals surface area (Å²) in [7, 11) is 0. The Morgan fingerprint density at radius 3 is 2.70 bits per heavy atom. The molecule has 0 radical (unpaired) electrons. The molecule has 5 rings (SSSR count). The molecule has 3 aliphatic rings. The number of likely N-dealkylation sites (tertiary alicyclic amines) is 1. The van der Waals surface area contributed by atoms with Gasteiger partial charge in [0.1, 0.15) is 0 Å². The van der Waals surface area contributed by atoms with Gasteiger partial charge in [-0.05, 0) is 25.7 Å². The van der Waals surface area contributed by atoms with Crippen molar-refractivity contribution in [3.8, 4) is 0 Å². The zero-order valence-electron chi connectivity index (χ0n) is 17.7. The van der Waals surface area contributed by atoms with Gasteiger partial charge in [-0.3, -0.25) is 19.5 Å². The van der Waals surface area contributed by atoms with E-state index in [1.807, 2.05) is 29.7 Å². The van der Waals surface area contributed by atoms with E-state index < -0.39 is 0 Å². The standard InChI is InChI=1S/C22H29N5O3/c1-13(2)20(28)25-8-3-4-15(11-25)18-10-19-23-17-7-9-26(21(29)14-5-6-14)12-16(17)22(30)27(19)24-18/h10,13-15,24H,3-9,11-12H2,1-2H3. The SMILES string of the molecule is CC(C)C(=O)N1CCCC(c2cc3nc4c(c(=O)n3[nH]2)CN(C(=O)C2CC2)CC4)C1. The molecule has 1 saturated carbocycles. The number of nitrogens with one attached hydrogen (secondary N) is 1. The van der Waals surface area contributed by atoms with E-state index in [0.29, 0.717) is 37.3 Å². The highest BCUT2D eigenvalue weighted by atomic mass is 16.2. The first-order chi connectivity index (χ1) is 14.4. The minimum absolute atomic E-state index is 0.0104. The first-order valence-corrected chi connectivity index (χ1v) is 11.1. The number of H-pyrrole nitrogens is 1. The number of carbonyl (C=O) groups excluding carboxylic acids is 2. The van der Waals surface area contributed by atoms with Crippen molar-refractivity contribution in [1.29, 1.82) is 0 Å². The highest BCUT2D eigenvalue weighted by Crippen LogP contribution is 2.32. The molecule has 8 nitrogen and oxygen atoms in total. The zero-order valence-corrected chi connectivity index (χ0v) is 17.7. The van der Waals surface area contributed by atoms with Crippen molar-refractivity contribution in [2.75, 3.05) is 19.6 Å². The summed E-state index contributed by atoms with van der Waals surface area (Å²) < 4.78 is 1.52. The quantitative estimate of drug-likeness (QED) is 0.832. The Labute approximate surface area is 175 Å². The van der Waals surface area contributed by atoms with E-state index in [0.717, 1.165) is 43.6 Å². The van der Waals surface area contributed by atoms with Crippen LogP contribution in [0.2, 0.25) is 0 Å². The number of amides is 2. The second-order valence-electron chi connectivity index (χ2n) is 9.31. The van der Waals surface area contributed by atoms with Crippen LogP contribution in [-0.2, 0) is 22.6 Å². The summed E-state index contributed by atoms with van der Waals surface area (Å²) in [5.74, 6) is 0.679. The van der Waals surface area contributed by atoms with Gasteiger partial charge in [-0.15, -0.1) is 0 Å². The number of hydrogen-bond donors (Lipinski definition) is 1. The maximum atomic E-state index is 13.2. The van der Waals surface area contributed by atoms with Crippen LogP contribution in [0.1, 0.15) is 62.4 Å². The third kappa shape index (κ3) is 3.32. The van der Waals surface area contributed by atoms with Gasteiger partial charge < -0.3 is 9.80 Å². The molecule has 2 aromatic rings. The van der Waals surface area contributed by atoms with Crippen LogP contribution in [-0.4, -0.2) is 55.8 Å². The lowest BCUT2D eigenvalue weighted by Gasteiger charge is -2.33. The molecule has 0 aromatic carbocycles. The molecule has 2 amide bonds. The van der Waals surface area contributed by atoms with Crippen LogP contribution in [0, 0.1) is 11.8 Å². The van der Waals surface area contributed by atoms with E-state index in [-0.39, 0.29) is 35.1 Å². The van der Waals surface area contributed by atoms with Crippen molar-refractivity contribution in [2.24, 2.45) is 11.8 Å². The molecule has 2 fully saturated rings. The molecule has 8 heteroatoms. The third-order valence-electron chi connectivity index (χ3n) is 6.69. The molecule has 2 aliphatic heterocycles. The second kappa shape index (κ2) is 7.25. The predicted molar refractivity (Wildman–Crippen MR) is 111 cm³/mol. The maximum Gasteiger partial charge on any atom is 0.277 e. The number of aromatic amines is 1. The van der Waals surface area contributed by atoms with Gasteiger partial charge in [0.15, 0.2) is 5.65 Å². The average Bonchev–Trinajstić information content (AvgIpc) is 3.52. The molecule has 1 atom stereocenters. The largest absolute Gasteiger partial charge is 0.342 e. The molecule has 1 unspecified atom stereocenters. The molecule has 30 heavy (non-hydrogen) atoms. The van der Waals surface area contributed by atoms with Crippen molar-refractivity contribution >= 4 is 17.5 Å². The number of carbonyl (C=O) groups is 2. The van der Waals surface area contributed by atoms with E-state index in [2.05, 4.69) is 5.10 Å². The summed E-state index contributed by atoms with van der Waals surface area (Å²) in [6.07, 6.45) is 4.49. The highest BCUT2D eigenvalue weighted by molar-refractivity contribution is 5.81. The Morgan fingerprint density at radius 2 is 1.97 bits per heavy atom. The first kappa shape index (κ1) is 19.3. The summed E-state index contributed by atoms with van der Waals surface area (Å²) in [6, 6.07) is 1.96. The van der Waals surface area contributed by atoms with Gasteiger partial charge in [0.05, 0.1) is 17.8 Å². The second-order valence-corrected chi connectivity index (χ2v) is 9.31. The first-order valence-electron chi connectivity index (χ1n) is 11.1. The van der Waals surface area contributed by atoms with E-state index in [1.165, 1.54) is 4.52 Å². The number of piperidine rings is 1. The van der Waals surface area contributed by atoms with Gasteiger partial charge in [0, 0.05) is 55.6 Å². The molecule has 0 bridgehead atoms. The number of aromatic nitrogens is 3. The van der Waals surface area contributed by atoms with Crippen LogP contribution in [0.4, 0.5) is 0 Å². The fourth-order valence-electron chi connectivity index (χ4n) is 4.78. The molecular weight excluding hydrogens is 382 g/mol. The topological polar surface area (TPSA) is 90.8 Å². The Morgan fingerprint density at radius 1 is 1.17 bits per heavy atom. The predicted octanol–water partition coefficient (Wildman–Crippen LogP) is 1.68. The lowest BCUT2D eigenvalue weighted by molar-refractivity contribution is -0.135. The van der Waals surface area contributed by atoms with Gasteiger partial charge in [-0.1, -0.05) is 13.8 Å². The molecule has 4 heterocycles. The van der Waals surface area contributed by atoms with Crippen LogP contribution in [0.3, 0.4) is 0 Å². The normalized spacial score (nSPS) is 21.9. The summed E-state index contributed by atoms with van der Waals surface area (Å²) in [5.41, 5.74) is 2.91. The molecule has 1 N–H and O–H groups in total. The summed E-state index contributed by atoms with van der Waals surface area (Å²) in [4.78, 5) is 46.5. The van der Waals surface area contributed by atoms with Crippen molar-refractivity contribution in [3.63, 3.8) is 0 Å². The Balaban J connectivity index is 1.43. The smallest absolute Gasteiger partial charge is 0.277 e. The van der Waals surface area contributed by atoms with Crippen molar-refractivity contribution < 1.29 is 9.59 Å². The Bertz CT molecular complexity index is 1060. The van der Waals surface area contributed by atoms with E-state index in [4.69, 9.17) is 4.98 Å². The van der Waals surface area contributed by atoms with Crippen molar-refractivity contribution in [2.45, 2.75) is 58.4 Å². The Hall–Kier alpha value is -2.64. The van der Waals surface area contributed by atoms with Crippen molar-refractivity contribution in [3.05, 3.63) is 33.4 Å². The van der Waals surface area contributed by atoms with Gasteiger partial charge in [0.2, 0.25) is 11.8 Å². The van der Waals surface area contributed by atoms with Crippen LogP contribution >= 0.6 is 0 Å². The molecule has 0 spiro atoms. The van der Waals surface area contributed by atoms with Gasteiger partial charge in [-0.25, -0.2) is 9.50 Å².